The van der Waals surface area contributed by atoms with Crippen molar-refractivity contribution in [2.24, 2.45) is 0 Å². The van der Waals surface area contributed by atoms with Crippen molar-refractivity contribution in [2.75, 3.05) is 6.61 Å². The van der Waals surface area contributed by atoms with Crippen LogP contribution in [0.15, 0.2) is 52.4 Å². The van der Waals surface area contributed by atoms with Gasteiger partial charge in [-0.15, -0.1) is 11.3 Å². The number of para-hydroxylation sites is 1. The number of nitrogens with zero attached hydrogens (tertiary/aromatic N) is 2. The van der Waals surface area contributed by atoms with E-state index in [4.69, 9.17) is 14.0 Å². The molecule has 0 fully saturated rings. The number of hydrogen-bond acceptors (Lipinski definition) is 7. The molecule has 2 heterocycles. The molecule has 3 aromatic rings. The van der Waals surface area contributed by atoms with Gasteiger partial charge in [0, 0.05) is 11.0 Å². The predicted octanol–water partition coefficient (Wildman–Crippen LogP) is 3.95. The Bertz CT molecular complexity index is 856. The number of ether oxygens (including phenoxy) is 2. The summed E-state index contributed by atoms with van der Waals surface area (Å²) in [5.74, 6) is 0.819. The molecule has 0 radical (unpaired) electrons. The first-order chi connectivity index (χ1) is 12.3. The van der Waals surface area contributed by atoms with Gasteiger partial charge in [-0.2, -0.15) is 4.98 Å². The number of rotatable bonds is 7. The summed E-state index contributed by atoms with van der Waals surface area (Å²) in [4.78, 5) is 16.9. The van der Waals surface area contributed by atoms with Gasteiger partial charge in [-0.25, -0.2) is 4.79 Å². The fourth-order valence-electron chi connectivity index (χ4n) is 2.07. The molecule has 0 saturated carbocycles. The SMILES string of the molecule is CCOc1ccccc1-c1noc(COC(=O)/C=C/c2cccs2)n1. The van der Waals surface area contributed by atoms with Crippen LogP contribution in [0.1, 0.15) is 17.7 Å². The fourth-order valence-corrected chi connectivity index (χ4v) is 2.69. The molecule has 0 aliphatic heterocycles. The molecule has 7 heteroatoms. The van der Waals surface area contributed by atoms with E-state index in [1.165, 1.54) is 17.4 Å². The molecular formula is C18H16N2O4S. The third kappa shape index (κ3) is 4.54. The van der Waals surface area contributed by atoms with Crippen molar-refractivity contribution >= 4 is 23.4 Å². The van der Waals surface area contributed by atoms with Crippen LogP contribution >= 0.6 is 11.3 Å². The maximum Gasteiger partial charge on any atom is 0.331 e. The fraction of sp³-hybridized carbons (Fsp3) is 0.167. The molecule has 0 spiro atoms. The van der Waals surface area contributed by atoms with E-state index in [0.29, 0.717) is 18.2 Å². The Hall–Kier alpha value is -2.93. The molecule has 0 aliphatic carbocycles. The smallest absolute Gasteiger partial charge is 0.331 e. The van der Waals surface area contributed by atoms with Gasteiger partial charge in [0.15, 0.2) is 6.61 Å². The van der Waals surface area contributed by atoms with Gasteiger partial charge in [0.1, 0.15) is 5.75 Å². The first kappa shape index (κ1) is 16.9. The Labute approximate surface area is 148 Å². The van der Waals surface area contributed by atoms with Gasteiger partial charge in [-0.05, 0) is 36.6 Å². The summed E-state index contributed by atoms with van der Waals surface area (Å²) in [6.07, 6.45) is 3.07. The molecule has 3 rings (SSSR count). The lowest BCUT2D eigenvalue weighted by atomic mass is 10.2. The van der Waals surface area contributed by atoms with Crippen LogP contribution < -0.4 is 4.74 Å². The number of benzene rings is 1. The van der Waals surface area contributed by atoms with Gasteiger partial charge in [-0.3, -0.25) is 0 Å². The summed E-state index contributed by atoms with van der Waals surface area (Å²) in [5, 5.41) is 5.86. The van der Waals surface area contributed by atoms with E-state index in [9.17, 15) is 4.79 Å². The van der Waals surface area contributed by atoms with E-state index in [2.05, 4.69) is 10.1 Å². The highest BCUT2D eigenvalue weighted by Crippen LogP contribution is 2.27. The highest BCUT2D eigenvalue weighted by Gasteiger charge is 2.14. The van der Waals surface area contributed by atoms with Crippen molar-refractivity contribution in [1.29, 1.82) is 0 Å². The van der Waals surface area contributed by atoms with E-state index in [1.807, 2.05) is 48.7 Å². The number of carbonyl (C=O) groups excluding carboxylic acids is 1. The number of hydrogen-bond donors (Lipinski definition) is 0. The van der Waals surface area contributed by atoms with Gasteiger partial charge in [0.25, 0.3) is 5.89 Å². The Balaban J connectivity index is 1.61. The minimum absolute atomic E-state index is 0.0859. The standard InChI is InChI=1S/C18H16N2O4S/c1-2-22-15-8-4-3-7-14(15)18-19-16(24-20-18)12-23-17(21)10-9-13-6-5-11-25-13/h3-11H,2,12H2,1H3/b10-9+. The molecule has 6 nitrogen and oxygen atoms in total. The van der Waals surface area contributed by atoms with Crippen molar-refractivity contribution in [2.45, 2.75) is 13.5 Å². The summed E-state index contributed by atoms with van der Waals surface area (Å²) in [6.45, 7) is 2.36. The molecule has 0 bridgehead atoms. The first-order valence-electron chi connectivity index (χ1n) is 7.69. The lowest BCUT2D eigenvalue weighted by molar-refractivity contribution is -0.139. The summed E-state index contributed by atoms with van der Waals surface area (Å²) in [7, 11) is 0. The van der Waals surface area contributed by atoms with Crippen LogP contribution in [0.5, 0.6) is 5.75 Å². The van der Waals surface area contributed by atoms with Crippen molar-refractivity contribution < 1.29 is 18.8 Å². The maximum absolute atomic E-state index is 11.7. The van der Waals surface area contributed by atoms with E-state index in [0.717, 1.165) is 10.4 Å². The van der Waals surface area contributed by atoms with Gasteiger partial charge in [-0.1, -0.05) is 23.4 Å². The molecule has 0 atom stereocenters. The van der Waals surface area contributed by atoms with Crippen molar-refractivity contribution in [3.63, 3.8) is 0 Å². The lowest BCUT2D eigenvalue weighted by Gasteiger charge is -2.05. The minimum atomic E-state index is -0.470. The second-order valence-electron chi connectivity index (χ2n) is 4.90. The van der Waals surface area contributed by atoms with Crippen LogP contribution in [0.4, 0.5) is 0 Å². The predicted molar refractivity (Wildman–Crippen MR) is 94.1 cm³/mol. The summed E-state index contributed by atoms with van der Waals surface area (Å²) < 4.78 is 15.8. The largest absolute Gasteiger partial charge is 0.493 e. The molecule has 0 N–H and O–H groups in total. The van der Waals surface area contributed by atoms with Gasteiger partial charge < -0.3 is 14.0 Å². The topological polar surface area (TPSA) is 74.5 Å². The monoisotopic (exact) mass is 356 g/mol. The third-order valence-corrected chi connectivity index (χ3v) is 4.00. The maximum atomic E-state index is 11.7. The summed E-state index contributed by atoms with van der Waals surface area (Å²) in [6, 6.07) is 11.2. The van der Waals surface area contributed by atoms with Crippen LogP contribution in [-0.2, 0) is 16.1 Å². The van der Waals surface area contributed by atoms with Crippen molar-refractivity contribution in [3.05, 3.63) is 58.6 Å². The molecule has 0 amide bonds. The van der Waals surface area contributed by atoms with Gasteiger partial charge >= 0.3 is 5.97 Å². The zero-order valence-electron chi connectivity index (χ0n) is 13.5. The van der Waals surface area contributed by atoms with E-state index >= 15 is 0 Å². The van der Waals surface area contributed by atoms with E-state index in [-0.39, 0.29) is 12.5 Å². The number of aromatic nitrogens is 2. The molecule has 25 heavy (non-hydrogen) atoms. The molecule has 0 saturated heterocycles. The molecule has 2 aromatic heterocycles. The number of thiophene rings is 1. The first-order valence-corrected chi connectivity index (χ1v) is 8.57. The number of carbonyl (C=O) groups is 1. The summed E-state index contributed by atoms with van der Waals surface area (Å²) in [5.41, 5.74) is 0.725. The Morgan fingerprint density at radius 1 is 1.28 bits per heavy atom. The average molecular weight is 356 g/mol. The number of esters is 1. The van der Waals surface area contributed by atoms with Crippen molar-refractivity contribution in [3.8, 4) is 17.1 Å². The van der Waals surface area contributed by atoms with E-state index < -0.39 is 5.97 Å². The van der Waals surface area contributed by atoms with Crippen molar-refractivity contribution in [1.82, 2.24) is 10.1 Å². The second kappa shape index (κ2) is 8.25. The van der Waals surface area contributed by atoms with E-state index in [1.54, 1.807) is 6.08 Å². The molecule has 0 unspecified atom stereocenters. The van der Waals surface area contributed by atoms with Crippen LogP contribution in [0.3, 0.4) is 0 Å². The zero-order valence-corrected chi connectivity index (χ0v) is 14.4. The van der Waals surface area contributed by atoms with Crippen LogP contribution in [0.25, 0.3) is 17.5 Å². The molecule has 128 valence electrons. The highest BCUT2D eigenvalue weighted by molar-refractivity contribution is 7.10. The highest BCUT2D eigenvalue weighted by atomic mass is 32.1. The Morgan fingerprint density at radius 2 is 2.16 bits per heavy atom. The molecule has 0 aliphatic rings. The van der Waals surface area contributed by atoms with Gasteiger partial charge in [0.2, 0.25) is 5.82 Å². The van der Waals surface area contributed by atoms with Crippen LogP contribution in [0, 0.1) is 0 Å². The van der Waals surface area contributed by atoms with Crippen LogP contribution in [0.2, 0.25) is 0 Å². The molecule has 1 aromatic carbocycles. The minimum Gasteiger partial charge on any atom is -0.493 e. The third-order valence-electron chi connectivity index (χ3n) is 3.16. The lowest BCUT2D eigenvalue weighted by Crippen LogP contribution is -2.01. The second-order valence-corrected chi connectivity index (χ2v) is 5.88. The van der Waals surface area contributed by atoms with Crippen LogP contribution in [-0.4, -0.2) is 22.7 Å². The normalized spacial score (nSPS) is 10.9. The molecular weight excluding hydrogens is 340 g/mol. The zero-order chi connectivity index (χ0) is 17.5. The Morgan fingerprint density at radius 3 is 2.96 bits per heavy atom. The average Bonchev–Trinajstić information content (AvgIpc) is 3.31. The quantitative estimate of drug-likeness (QED) is 0.471. The van der Waals surface area contributed by atoms with Gasteiger partial charge in [0.05, 0.1) is 12.2 Å². The summed E-state index contributed by atoms with van der Waals surface area (Å²) >= 11 is 1.54. The Kier molecular flexibility index (Phi) is 5.58.